The summed E-state index contributed by atoms with van der Waals surface area (Å²) < 4.78 is 0. The van der Waals surface area contributed by atoms with Crippen molar-refractivity contribution >= 4 is 23.5 Å². The molecule has 1 aromatic rings. The third kappa shape index (κ3) is 6.31. The molecule has 4 heteroatoms. The Bertz CT molecular complexity index is 518. The van der Waals surface area contributed by atoms with E-state index in [0.29, 0.717) is 19.3 Å². The number of amides is 1. The first-order chi connectivity index (χ1) is 11.7. The van der Waals surface area contributed by atoms with Crippen molar-refractivity contribution in [1.29, 1.82) is 0 Å². The molecule has 0 spiro atoms. The van der Waals surface area contributed by atoms with Gasteiger partial charge in [-0.15, -0.1) is 0 Å². The van der Waals surface area contributed by atoms with Crippen molar-refractivity contribution in [1.82, 2.24) is 4.90 Å². The molecule has 0 aliphatic carbocycles. The van der Waals surface area contributed by atoms with Crippen molar-refractivity contribution in [2.75, 3.05) is 18.1 Å². The molecule has 1 atom stereocenters. The summed E-state index contributed by atoms with van der Waals surface area (Å²) in [6, 6.07) is 10.2. The van der Waals surface area contributed by atoms with E-state index < -0.39 is 0 Å². The topological polar surface area (TPSA) is 37.4 Å². The molecule has 0 radical (unpaired) electrons. The van der Waals surface area contributed by atoms with Crippen LogP contribution in [0.25, 0.3) is 0 Å². The van der Waals surface area contributed by atoms with Gasteiger partial charge in [0.2, 0.25) is 5.91 Å². The number of hydrogen-bond donors (Lipinski definition) is 0. The second-order valence-electron chi connectivity index (χ2n) is 6.49. The molecule has 1 aliphatic rings. The van der Waals surface area contributed by atoms with Gasteiger partial charge >= 0.3 is 0 Å². The van der Waals surface area contributed by atoms with Crippen LogP contribution in [0.3, 0.4) is 0 Å². The molecular formula is C20H29NO2S. The molecule has 1 amide bonds. The lowest BCUT2D eigenvalue weighted by atomic mass is 9.95. The highest BCUT2D eigenvalue weighted by Gasteiger charge is 2.27. The fraction of sp³-hybridized carbons (Fsp3) is 0.600. The van der Waals surface area contributed by atoms with Crippen LogP contribution in [-0.2, 0) is 16.0 Å². The first kappa shape index (κ1) is 19.0. The molecule has 1 fully saturated rings. The first-order valence-electron chi connectivity index (χ1n) is 9.13. The Morgan fingerprint density at radius 2 is 2.04 bits per heavy atom. The summed E-state index contributed by atoms with van der Waals surface area (Å²) >= 11 is 1.92. The van der Waals surface area contributed by atoms with E-state index >= 15 is 0 Å². The third-order valence-corrected chi connectivity index (χ3v) is 5.68. The number of thioether (sulfide) groups is 1. The zero-order valence-corrected chi connectivity index (χ0v) is 15.5. The van der Waals surface area contributed by atoms with Crippen LogP contribution >= 0.6 is 11.8 Å². The number of hydrogen-bond acceptors (Lipinski definition) is 3. The number of carbonyl (C=O) groups excluding carboxylic acids is 2. The summed E-state index contributed by atoms with van der Waals surface area (Å²) in [6.45, 7) is 3.02. The Hall–Kier alpha value is -1.29. The molecular weight excluding hydrogens is 318 g/mol. The molecule has 3 nitrogen and oxygen atoms in total. The quantitative estimate of drug-likeness (QED) is 0.598. The lowest BCUT2D eigenvalue weighted by molar-refractivity contribution is -0.136. The van der Waals surface area contributed by atoms with Crippen molar-refractivity contribution in [3.05, 3.63) is 35.9 Å². The van der Waals surface area contributed by atoms with Gasteiger partial charge in [-0.3, -0.25) is 9.59 Å². The molecule has 24 heavy (non-hydrogen) atoms. The van der Waals surface area contributed by atoms with Gasteiger partial charge in [-0.05, 0) is 37.0 Å². The van der Waals surface area contributed by atoms with Crippen LogP contribution in [0.4, 0.5) is 0 Å². The normalized spacial score (nSPS) is 18.0. The summed E-state index contributed by atoms with van der Waals surface area (Å²) in [4.78, 5) is 26.5. The molecule has 132 valence electrons. The van der Waals surface area contributed by atoms with Crippen LogP contribution in [-0.4, -0.2) is 40.7 Å². The largest absolute Gasteiger partial charge is 0.339 e. The van der Waals surface area contributed by atoms with E-state index in [2.05, 4.69) is 6.92 Å². The molecule has 0 aromatic heterocycles. The minimum absolute atomic E-state index is 0.258. The molecule has 0 saturated carbocycles. The van der Waals surface area contributed by atoms with E-state index in [-0.39, 0.29) is 17.7 Å². The molecule has 2 rings (SSSR count). The summed E-state index contributed by atoms with van der Waals surface area (Å²) in [5.74, 6) is 2.72. The lowest BCUT2D eigenvalue weighted by Crippen LogP contribution is -2.45. The fourth-order valence-electron chi connectivity index (χ4n) is 3.25. The maximum atomic E-state index is 12.2. The van der Waals surface area contributed by atoms with E-state index in [1.807, 2.05) is 47.0 Å². The van der Waals surface area contributed by atoms with Crippen molar-refractivity contribution in [3.63, 3.8) is 0 Å². The van der Waals surface area contributed by atoms with Gasteiger partial charge in [-0.1, -0.05) is 37.3 Å². The molecule has 1 heterocycles. The minimum atomic E-state index is 0.258. The minimum Gasteiger partial charge on any atom is -0.339 e. The smallest absolute Gasteiger partial charge is 0.222 e. The molecule has 0 N–H and O–H groups in total. The van der Waals surface area contributed by atoms with Crippen molar-refractivity contribution in [2.24, 2.45) is 0 Å². The van der Waals surface area contributed by atoms with Gasteiger partial charge in [0.1, 0.15) is 5.78 Å². The number of piperidine rings is 1. The Kier molecular flexibility index (Phi) is 8.37. The third-order valence-electron chi connectivity index (χ3n) is 4.51. The Balaban J connectivity index is 1.79. The van der Waals surface area contributed by atoms with Crippen LogP contribution in [0.5, 0.6) is 0 Å². The van der Waals surface area contributed by atoms with E-state index in [0.717, 1.165) is 42.9 Å². The molecule has 1 aromatic carbocycles. The number of benzene rings is 1. The summed E-state index contributed by atoms with van der Waals surface area (Å²) in [7, 11) is 0. The summed E-state index contributed by atoms with van der Waals surface area (Å²) in [5, 5.41) is 0. The predicted octanol–water partition coefficient (Wildman–Crippen LogP) is 4.10. The monoisotopic (exact) mass is 347 g/mol. The van der Waals surface area contributed by atoms with Gasteiger partial charge in [-0.25, -0.2) is 0 Å². The van der Waals surface area contributed by atoms with Crippen LogP contribution in [0.15, 0.2) is 30.3 Å². The Morgan fingerprint density at radius 3 is 2.79 bits per heavy atom. The Morgan fingerprint density at radius 1 is 1.25 bits per heavy atom. The van der Waals surface area contributed by atoms with E-state index in [9.17, 15) is 9.59 Å². The van der Waals surface area contributed by atoms with Crippen LogP contribution in [0.1, 0.15) is 51.0 Å². The maximum Gasteiger partial charge on any atom is 0.222 e. The predicted molar refractivity (Wildman–Crippen MR) is 101 cm³/mol. The SMILES string of the molecule is CCCSCCN1C(=O)CCC[C@@H]1CCC(=O)Cc1ccccc1. The lowest BCUT2D eigenvalue weighted by Gasteiger charge is -2.35. The second-order valence-corrected chi connectivity index (χ2v) is 7.71. The Labute approximate surface area is 150 Å². The van der Waals surface area contributed by atoms with Crippen LogP contribution < -0.4 is 0 Å². The maximum absolute atomic E-state index is 12.2. The average molecular weight is 348 g/mol. The highest BCUT2D eigenvalue weighted by molar-refractivity contribution is 7.99. The summed E-state index contributed by atoms with van der Waals surface area (Å²) in [5.41, 5.74) is 1.08. The van der Waals surface area contributed by atoms with E-state index in [4.69, 9.17) is 0 Å². The van der Waals surface area contributed by atoms with Gasteiger partial charge < -0.3 is 4.90 Å². The number of rotatable bonds is 10. The molecule has 1 aliphatic heterocycles. The second kappa shape index (κ2) is 10.5. The van der Waals surface area contributed by atoms with Crippen molar-refractivity contribution in [2.45, 2.75) is 57.9 Å². The van der Waals surface area contributed by atoms with E-state index in [1.165, 1.54) is 6.42 Å². The molecule has 0 unspecified atom stereocenters. The highest BCUT2D eigenvalue weighted by Crippen LogP contribution is 2.23. The summed E-state index contributed by atoms with van der Waals surface area (Å²) in [6.07, 6.45) is 5.76. The fourth-order valence-corrected chi connectivity index (χ4v) is 4.07. The van der Waals surface area contributed by atoms with Crippen LogP contribution in [0.2, 0.25) is 0 Å². The highest BCUT2D eigenvalue weighted by atomic mass is 32.2. The van der Waals surface area contributed by atoms with Crippen molar-refractivity contribution < 1.29 is 9.59 Å². The van der Waals surface area contributed by atoms with Gasteiger partial charge in [-0.2, -0.15) is 11.8 Å². The zero-order chi connectivity index (χ0) is 17.2. The van der Waals surface area contributed by atoms with Gasteiger partial charge in [0.25, 0.3) is 0 Å². The van der Waals surface area contributed by atoms with Crippen molar-refractivity contribution in [3.8, 4) is 0 Å². The van der Waals surface area contributed by atoms with Gasteiger partial charge in [0.05, 0.1) is 0 Å². The standard InChI is InChI=1S/C20H29NO2S/c1-2-14-24-15-13-21-18(9-6-10-20(21)23)11-12-19(22)16-17-7-4-3-5-8-17/h3-5,7-8,18H,2,6,9-16H2,1H3/t18-/m1/s1. The molecule has 1 saturated heterocycles. The first-order valence-corrected chi connectivity index (χ1v) is 10.3. The van der Waals surface area contributed by atoms with Gasteiger partial charge in [0, 0.05) is 37.6 Å². The number of likely N-dealkylation sites (tertiary alicyclic amines) is 1. The van der Waals surface area contributed by atoms with Crippen LogP contribution in [0, 0.1) is 0 Å². The number of carbonyl (C=O) groups is 2. The van der Waals surface area contributed by atoms with Gasteiger partial charge in [0.15, 0.2) is 0 Å². The average Bonchev–Trinajstić information content (AvgIpc) is 2.59. The number of ketones is 1. The zero-order valence-electron chi connectivity index (χ0n) is 14.7. The molecule has 0 bridgehead atoms. The number of Topliss-reactive ketones (excluding diaryl/α,β-unsaturated/α-hetero) is 1. The number of nitrogens with zero attached hydrogens (tertiary/aromatic N) is 1. The van der Waals surface area contributed by atoms with E-state index in [1.54, 1.807) is 0 Å².